The Labute approximate surface area is 121 Å². The first-order chi connectivity index (χ1) is 9.86. The van der Waals surface area contributed by atoms with Gasteiger partial charge in [-0.3, -0.25) is 4.99 Å². The van der Waals surface area contributed by atoms with E-state index in [1.165, 1.54) is 0 Å². The number of benzene rings is 1. The van der Waals surface area contributed by atoms with Crippen molar-refractivity contribution < 1.29 is 4.74 Å². The molecule has 3 N–H and O–H groups in total. The fourth-order valence-electron chi connectivity index (χ4n) is 1.73. The third-order valence-corrected chi connectivity index (χ3v) is 2.79. The third-order valence-electron chi connectivity index (χ3n) is 2.79. The number of hydrogen-bond donors (Lipinski definition) is 3. The van der Waals surface area contributed by atoms with Crippen molar-refractivity contribution >= 4 is 11.6 Å². The maximum atomic E-state index is 5.00. The summed E-state index contributed by atoms with van der Waals surface area (Å²) in [5, 5.41) is 9.92. The van der Waals surface area contributed by atoms with Gasteiger partial charge in [0.1, 0.15) is 0 Å². The first kappa shape index (κ1) is 16.3. The maximum Gasteiger partial charge on any atom is 0.190 e. The molecule has 0 radical (unpaired) electrons. The monoisotopic (exact) mass is 278 g/mol. The van der Waals surface area contributed by atoms with Gasteiger partial charge in [-0.1, -0.05) is 18.2 Å². The minimum Gasteiger partial charge on any atom is -0.385 e. The molecule has 1 aromatic carbocycles. The van der Waals surface area contributed by atoms with Crippen LogP contribution in [0.15, 0.2) is 35.3 Å². The Morgan fingerprint density at radius 2 is 1.75 bits per heavy atom. The lowest BCUT2D eigenvalue weighted by Gasteiger charge is -2.12. The van der Waals surface area contributed by atoms with Gasteiger partial charge in [0.25, 0.3) is 0 Å². The molecule has 0 aliphatic heterocycles. The fourth-order valence-corrected chi connectivity index (χ4v) is 1.73. The highest BCUT2D eigenvalue weighted by atomic mass is 16.5. The number of hydrogen-bond acceptors (Lipinski definition) is 3. The molecule has 0 heterocycles. The molecule has 0 amide bonds. The summed E-state index contributed by atoms with van der Waals surface area (Å²) in [7, 11) is 3.50. The van der Waals surface area contributed by atoms with Crippen LogP contribution in [-0.2, 0) is 4.74 Å². The van der Waals surface area contributed by atoms with E-state index in [1.807, 2.05) is 18.2 Å². The molecule has 0 spiro atoms. The molecular weight excluding hydrogens is 252 g/mol. The van der Waals surface area contributed by atoms with Gasteiger partial charge >= 0.3 is 0 Å². The van der Waals surface area contributed by atoms with Gasteiger partial charge in [0.15, 0.2) is 5.96 Å². The Kier molecular flexibility index (Phi) is 9.06. The summed E-state index contributed by atoms with van der Waals surface area (Å²) < 4.78 is 5.00. The van der Waals surface area contributed by atoms with Crippen LogP contribution in [0.2, 0.25) is 0 Å². The number of rotatable bonds is 9. The molecule has 0 saturated carbocycles. The first-order valence-electron chi connectivity index (χ1n) is 7.09. The van der Waals surface area contributed by atoms with Crippen LogP contribution < -0.4 is 16.0 Å². The standard InChI is InChI=1S/C15H26N4O/c1-16-15(19-12-7-13-20-2)18-11-6-10-17-14-8-4-3-5-9-14/h3-5,8-9,17H,6-7,10-13H2,1-2H3,(H2,16,18,19). The highest BCUT2D eigenvalue weighted by Crippen LogP contribution is 2.03. The zero-order chi connectivity index (χ0) is 14.5. The average molecular weight is 278 g/mol. The normalized spacial score (nSPS) is 11.2. The molecule has 0 bridgehead atoms. The van der Waals surface area contributed by atoms with Gasteiger partial charge in [0.05, 0.1) is 0 Å². The third kappa shape index (κ3) is 7.63. The smallest absolute Gasteiger partial charge is 0.190 e. The van der Waals surface area contributed by atoms with E-state index >= 15 is 0 Å². The summed E-state index contributed by atoms with van der Waals surface area (Å²) in [5.41, 5.74) is 1.16. The van der Waals surface area contributed by atoms with Gasteiger partial charge in [0.2, 0.25) is 0 Å². The fraction of sp³-hybridized carbons (Fsp3) is 0.533. The highest BCUT2D eigenvalue weighted by Gasteiger charge is 1.96. The van der Waals surface area contributed by atoms with Crippen molar-refractivity contribution in [1.29, 1.82) is 0 Å². The van der Waals surface area contributed by atoms with Gasteiger partial charge in [-0.05, 0) is 25.0 Å². The van der Waals surface area contributed by atoms with Crippen LogP contribution in [0.3, 0.4) is 0 Å². The number of nitrogens with one attached hydrogen (secondary N) is 3. The molecule has 0 atom stereocenters. The topological polar surface area (TPSA) is 57.7 Å². The summed E-state index contributed by atoms with van der Waals surface area (Å²) in [6, 6.07) is 10.2. The van der Waals surface area contributed by atoms with E-state index in [4.69, 9.17) is 4.74 Å². The number of aliphatic imine (C=N–C) groups is 1. The van der Waals surface area contributed by atoms with Gasteiger partial charge in [0, 0.05) is 46.1 Å². The number of anilines is 1. The Bertz CT molecular complexity index is 367. The SMILES string of the molecule is CN=C(NCCCNc1ccccc1)NCCCOC. The van der Waals surface area contributed by atoms with Gasteiger partial charge in [-0.2, -0.15) is 0 Å². The average Bonchev–Trinajstić information content (AvgIpc) is 2.50. The molecule has 5 heteroatoms. The van der Waals surface area contributed by atoms with Crippen LogP contribution >= 0.6 is 0 Å². The zero-order valence-corrected chi connectivity index (χ0v) is 12.5. The molecule has 0 unspecified atom stereocenters. The minimum absolute atomic E-state index is 0.769. The number of guanidine groups is 1. The van der Waals surface area contributed by atoms with Crippen LogP contribution in [0.1, 0.15) is 12.8 Å². The van der Waals surface area contributed by atoms with Crippen molar-refractivity contribution in [2.45, 2.75) is 12.8 Å². The van der Waals surface area contributed by atoms with Gasteiger partial charge < -0.3 is 20.7 Å². The van der Waals surface area contributed by atoms with E-state index in [1.54, 1.807) is 14.2 Å². The molecule has 0 aliphatic rings. The zero-order valence-electron chi connectivity index (χ0n) is 12.5. The Hall–Kier alpha value is -1.75. The van der Waals surface area contributed by atoms with Crippen LogP contribution in [0.25, 0.3) is 0 Å². The largest absolute Gasteiger partial charge is 0.385 e. The Morgan fingerprint density at radius 3 is 2.40 bits per heavy atom. The van der Waals surface area contributed by atoms with E-state index in [0.717, 1.165) is 50.7 Å². The molecule has 0 fully saturated rings. The van der Waals surface area contributed by atoms with Crippen molar-refractivity contribution in [3.8, 4) is 0 Å². The lowest BCUT2D eigenvalue weighted by atomic mass is 10.3. The van der Waals surface area contributed by atoms with Crippen molar-refractivity contribution in [3.05, 3.63) is 30.3 Å². The van der Waals surface area contributed by atoms with Crippen LogP contribution in [0.5, 0.6) is 0 Å². The summed E-state index contributed by atoms with van der Waals surface area (Å²) in [5.74, 6) is 0.848. The predicted molar refractivity (Wildman–Crippen MR) is 85.4 cm³/mol. The summed E-state index contributed by atoms with van der Waals surface area (Å²) in [6.07, 6.45) is 2.01. The summed E-state index contributed by atoms with van der Waals surface area (Å²) in [6.45, 7) is 3.47. The van der Waals surface area contributed by atoms with Crippen molar-refractivity contribution in [1.82, 2.24) is 10.6 Å². The quantitative estimate of drug-likeness (QED) is 0.365. The van der Waals surface area contributed by atoms with Crippen molar-refractivity contribution in [2.75, 3.05) is 45.7 Å². The van der Waals surface area contributed by atoms with E-state index in [2.05, 4.69) is 33.1 Å². The Morgan fingerprint density at radius 1 is 1.05 bits per heavy atom. The second kappa shape index (κ2) is 11.1. The molecule has 0 aromatic heterocycles. The minimum atomic E-state index is 0.769. The number of para-hydroxylation sites is 1. The second-order valence-electron chi connectivity index (χ2n) is 4.42. The summed E-state index contributed by atoms with van der Waals surface area (Å²) >= 11 is 0. The van der Waals surface area contributed by atoms with Gasteiger partial charge in [-0.15, -0.1) is 0 Å². The van der Waals surface area contributed by atoms with Crippen LogP contribution in [0.4, 0.5) is 5.69 Å². The van der Waals surface area contributed by atoms with Crippen LogP contribution in [-0.4, -0.2) is 46.4 Å². The molecule has 5 nitrogen and oxygen atoms in total. The van der Waals surface area contributed by atoms with E-state index < -0.39 is 0 Å². The molecule has 1 rings (SSSR count). The lowest BCUT2D eigenvalue weighted by molar-refractivity contribution is 0.195. The van der Waals surface area contributed by atoms with E-state index in [9.17, 15) is 0 Å². The highest BCUT2D eigenvalue weighted by molar-refractivity contribution is 5.79. The molecule has 0 aliphatic carbocycles. The van der Waals surface area contributed by atoms with Gasteiger partial charge in [-0.25, -0.2) is 0 Å². The molecule has 112 valence electrons. The molecule has 20 heavy (non-hydrogen) atoms. The maximum absolute atomic E-state index is 5.00. The number of methoxy groups -OCH3 is 1. The number of nitrogens with zero attached hydrogens (tertiary/aromatic N) is 1. The number of ether oxygens (including phenoxy) is 1. The lowest BCUT2D eigenvalue weighted by Crippen LogP contribution is -2.38. The van der Waals surface area contributed by atoms with Crippen molar-refractivity contribution in [2.24, 2.45) is 4.99 Å². The molecule has 0 saturated heterocycles. The van der Waals surface area contributed by atoms with E-state index in [0.29, 0.717) is 0 Å². The Balaban J connectivity index is 2.04. The van der Waals surface area contributed by atoms with Crippen molar-refractivity contribution in [3.63, 3.8) is 0 Å². The van der Waals surface area contributed by atoms with E-state index in [-0.39, 0.29) is 0 Å². The predicted octanol–water partition coefficient (Wildman–Crippen LogP) is 1.69. The second-order valence-corrected chi connectivity index (χ2v) is 4.42. The first-order valence-corrected chi connectivity index (χ1v) is 7.09. The molecule has 1 aromatic rings. The molecular formula is C15H26N4O. The van der Waals surface area contributed by atoms with Crippen LogP contribution in [0, 0.1) is 0 Å². The summed E-state index contributed by atoms with van der Waals surface area (Å²) in [4.78, 5) is 4.17.